The number of carbonyl (C=O) groups is 1. The van der Waals surface area contributed by atoms with E-state index in [0.29, 0.717) is 24.2 Å². The van der Waals surface area contributed by atoms with Gasteiger partial charge in [-0.05, 0) is 24.3 Å². The van der Waals surface area contributed by atoms with Gasteiger partial charge in [-0.1, -0.05) is 50.6 Å². The number of hydrogen-bond acceptors (Lipinski definition) is 1. The first-order valence-electron chi connectivity index (χ1n) is 7.49. The lowest BCUT2D eigenvalue weighted by Gasteiger charge is -2.25. The van der Waals surface area contributed by atoms with Crippen molar-refractivity contribution in [2.24, 2.45) is 5.92 Å². The third-order valence-electron chi connectivity index (χ3n) is 3.88. The van der Waals surface area contributed by atoms with Crippen LogP contribution in [0, 0.1) is 5.92 Å². The normalized spacial score (nSPS) is 20.4. The molecule has 0 radical (unpaired) electrons. The second-order valence-electron chi connectivity index (χ2n) is 6.04. The Kier molecular flexibility index (Phi) is 5.00. The van der Waals surface area contributed by atoms with E-state index < -0.39 is 0 Å². The fourth-order valence-electron chi connectivity index (χ4n) is 2.84. The Morgan fingerprint density at radius 2 is 2.00 bits per heavy atom. The van der Waals surface area contributed by atoms with Crippen molar-refractivity contribution in [3.05, 3.63) is 35.9 Å². The molecule has 1 atom stereocenters. The van der Waals surface area contributed by atoms with Gasteiger partial charge in [0.05, 0.1) is 0 Å². The fraction of sp³-hybridized carbons (Fsp3) is 0.588. The Balaban J connectivity index is 2.04. The van der Waals surface area contributed by atoms with Gasteiger partial charge in [0.2, 0.25) is 5.91 Å². The van der Waals surface area contributed by atoms with Crippen LogP contribution in [-0.4, -0.2) is 23.9 Å². The highest BCUT2D eigenvalue weighted by Crippen LogP contribution is 2.26. The molecule has 1 aliphatic heterocycles. The van der Waals surface area contributed by atoms with Crippen LogP contribution in [0.5, 0.6) is 0 Å². The first-order chi connectivity index (χ1) is 9.16. The standard InChI is InChI=1S/C17H25NO/c1-14(2)12-17(19)18-11-7-6-10-16(13-18)15-8-4-3-5-9-15/h3-5,8-9,14,16H,6-7,10-13H2,1-2H3. The van der Waals surface area contributed by atoms with E-state index in [1.807, 2.05) is 0 Å². The molecule has 0 aromatic heterocycles. The van der Waals surface area contributed by atoms with Crippen molar-refractivity contribution in [3.63, 3.8) is 0 Å². The van der Waals surface area contributed by atoms with Crippen molar-refractivity contribution < 1.29 is 4.79 Å². The van der Waals surface area contributed by atoms with Crippen LogP contribution in [0.2, 0.25) is 0 Å². The number of nitrogens with zero attached hydrogens (tertiary/aromatic N) is 1. The van der Waals surface area contributed by atoms with Gasteiger partial charge in [-0.2, -0.15) is 0 Å². The largest absolute Gasteiger partial charge is 0.342 e. The molecule has 1 saturated heterocycles. The van der Waals surface area contributed by atoms with E-state index >= 15 is 0 Å². The summed E-state index contributed by atoms with van der Waals surface area (Å²) in [7, 11) is 0. The quantitative estimate of drug-likeness (QED) is 0.808. The molecule has 104 valence electrons. The van der Waals surface area contributed by atoms with Crippen LogP contribution in [0.4, 0.5) is 0 Å². The lowest BCUT2D eigenvalue weighted by atomic mass is 9.94. The predicted molar refractivity (Wildman–Crippen MR) is 79.1 cm³/mol. The van der Waals surface area contributed by atoms with Crippen molar-refractivity contribution in [1.82, 2.24) is 4.90 Å². The predicted octanol–water partition coefficient (Wildman–Crippen LogP) is 3.83. The van der Waals surface area contributed by atoms with Gasteiger partial charge in [0.1, 0.15) is 0 Å². The molecule has 1 aromatic rings. The molecule has 0 spiro atoms. The Hall–Kier alpha value is -1.31. The van der Waals surface area contributed by atoms with Gasteiger partial charge in [-0.15, -0.1) is 0 Å². The Bertz CT molecular complexity index is 399. The van der Waals surface area contributed by atoms with E-state index in [9.17, 15) is 4.79 Å². The molecule has 1 unspecified atom stereocenters. The number of rotatable bonds is 3. The smallest absolute Gasteiger partial charge is 0.222 e. The molecule has 1 heterocycles. The maximum atomic E-state index is 12.3. The molecular formula is C17H25NO. The van der Waals surface area contributed by atoms with Crippen LogP contribution < -0.4 is 0 Å². The second kappa shape index (κ2) is 6.74. The summed E-state index contributed by atoms with van der Waals surface area (Å²) in [5.41, 5.74) is 1.38. The van der Waals surface area contributed by atoms with Crippen LogP contribution in [0.3, 0.4) is 0 Å². The van der Waals surface area contributed by atoms with Crippen LogP contribution in [-0.2, 0) is 4.79 Å². The van der Waals surface area contributed by atoms with Crippen molar-refractivity contribution in [2.45, 2.75) is 45.4 Å². The number of carbonyl (C=O) groups excluding carboxylic acids is 1. The summed E-state index contributed by atoms with van der Waals surface area (Å²) in [6.45, 7) is 6.07. The minimum absolute atomic E-state index is 0.331. The van der Waals surface area contributed by atoms with Gasteiger partial charge >= 0.3 is 0 Å². The van der Waals surface area contributed by atoms with E-state index in [0.717, 1.165) is 19.5 Å². The topological polar surface area (TPSA) is 20.3 Å². The van der Waals surface area contributed by atoms with Crippen LogP contribution in [0.15, 0.2) is 30.3 Å². The summed E-state index contributed by atoms with van der Waals surface area (Å²) < 4.78 is 0. The van der Waals surface area contributed by atoms with Crippen molar-refractivity contribution in [1.29, 1.82) is 0 Å². The Labute approximate surface area is 116 Å². The molecule has 1 aromatic carbocycles. The maximum absolute atomic E-state index is 12.3. The number of benzene rings is 1. The molecule has 1 amide bonds. The summed E-state index contributed by atoms with van der Waals surface area (Å²) in [5.74, 6) is 1.29. The summed E-state index contributed by atoms with van der Waals surface area (Å²) >= 11 is 0. The van der Waals surface area contributed by atoms with E-state index in [4.69, 9.17) is 0 Å². The molecule has 0 aliphatic carbocycles. The minimum atomic E-state index is 0.331. The first-order valence-corrected chi connectivity index (χ1v) is 7.49. The molecule has 0 saturated carbocycles. The highest BCUT2D eigenvalue weighted by molar-refractivity contribution is 5.76. The molecular weight excluding hydrogens is 234 g/mol. The second-order valence-corrected chi connectivity index (χ2v) is 6.04. The van der Waals surface area contributed by atoms with Crippen molar-refractivity contribution >= 4 is 5.91 Å². The molecule has 19 heavy (non-hydrogen) atoms. The summed E-state index contributed by atoms with van der Waals surface area (Å²) in [6, 6.07) is 10.6. The summed E-state index contributed by atoms with van der Waals surface area (Å²) in [4.78, 5) is 14.4. The molecule has 2 nitrogen and oxygen atoms in total. The van der Waals surface area contributed by atoms with Gasteiger partial charge in [-0.3, -0.25) is 4.79 Å². The fourth-order valence-corrected chi connectivity index (χ4v) is 2.84. The summed E-state index contributed by atoms with van der Waals surface area (Å²) in [5, 5.41) is 0. The maximum Gasteiger partial charge on any atom is 0.222 e. The van der Waals surface area contributed by atoms with E-state index in [-0.39, 0.29) is 0 Å². The monoisotopic (exact) mass is 259 g/mol. The van der Waals surface area contributed by atoms with Crippen LogP contribution in [0.25, 0.3) is 0 Å². The molecule has 0 bridgehead atoms. The SMILES string of the molecule is CC(C)CC(=O)N1CCCCC(c2ccccc2)C1. The average Bonchev–Trinajstić information content (AvgIpc) is 2.65. The third-order valence-corrected chi connectivity index (χ3v) is 3.88. The Morgan fingerprint density at radius 3 is 2.68 bits per heavy atom. The van der Waals surface area contributed by atoms with E-state index in [2.05, 4.69) is 49.1 Å². The average molecular weight is 259 g/mol. The lowest BCUT2D eigenvalue weighted by Crippen LogP contribution is -2.34. The zero-order valence-electron chi connectivity index (χ0n) is 12.1. The first kappa shape index (κ1) is 14.1. The molecule has 1 aliphatic rings. The highest BCUT2D eigenvalue weighted by atomic mass is 16.2. The molecule has 1 fully saturated rings. The third kappa shape index (κ3) is 4.09. The van der Waals surface area contributed by atoms with Gasteiger partial charge < -0.3 is 4.90 Å². The number of likely N-dealkylation sites (tertiary alicyclic amines) is 1. The summed E-state index contributed by atoms with van der Waals surface area (Å²) in [6.07, 6.45) is 4.26. The van der Waals surface area contributed by atoms with Crippen molar-refractivity contribution in [3.8, 4) is 0 Å². The highest BCUT2D eigenvalue weighted by Gasteiger charge is 2.23. The van der Waals surface area contributed by atoms with Gasteiger partial charge in [0, 0.05) is 25.4 Å². The molecule has 2 heteroatoms. The van der Waals surface area contributed by atoms with E-state index in [1.54, 1.807) is 0 Å². The lowest BCUT2D eigenvalue weighted by molar-refractivity contribution is -0.132. The number of amides is 1. The number of hydrogen-bond donors (Lipinski definition) is 0. The zero-order valence-corrected chi connectivity index (χ0v) is 12.1. The van der Waals surface area contributed by atoms with Gasteiger partial charge in [0.15, 0.2) is 0 Å². The van der Waals surface area contributed by atoms with Crippen LogP contribution >= 0.6 is 0 Å². The van der Waals surface area contributed by atoms with Crippen LogP contribution in [0.1, 0.15) is 51.0 Å². The van der Waals surface area contributed by atoms with Crippen molar-refractivity contribution in [2.75, 3.05) is 13.1 Å². The van der Waals surface area contributed by atoms with Gasteiger partial charge in [-0.25, -0.2) is 0 Å². The molecule has 0 N–H and O–H groups in total. The Morgan fingerprint density at radius 1 is 1.26 bits per heavy atom. The molecule has 2 rings (SSSR count). The zero-order chi connectivity index (χ0) is 13.7. The van der Waals surface area contributed by atoms with Gasteiger partial charge in [0.25, 0.3) is 0 Å². The minimum Gasteiger partial charge on any atom is -0.342 e. The van der Waals surface area contributed by atoms with E-state index in [1.165, 1.54) is 18.4 Å².